The molecule has 2 aromatic rings. The number of nitrogens with one attached hydrogen (secondary N) is 2. The van der Waals surface area contributed by atoms with Crippen molar-refractivity contribution >= 4 is 17.2 Å². The summed E-state index contributed by atoms with van der Waals surface area (Å²) in [5, 5.41) is 12.2. The van der Waals surface area contributed by atoms with Gasteiger partial charge in [0.1, 0.15) is 11.8 Å². The zero-order chi connectivity index (χ0) is 28.1. The van der Waals surface area contributed by atoms with Crippen LogP contribution in [0.25, 0.3) is 5.57 Å². The van der Waals surface area contributed by atoms with Crippen LogP contribution in [0.2, 0.25) is 0 Å². The largest absolute Gasteiger partial charge is 0.379 e. The maximum atomic E-state index is 13.1. The minimum absolute atomic E-state index is 0.130. The number of H-pyrrole nitrogens is 1. The molecule has 2 aliphatic heterocycles. The number of carbonyl (C=O) groups excluding carboxylic acids is 1. The van der Waals surface area contributed by atoms with Crippen molar-refractivity contribution in [3.63, 3.8) is 0 Å². The van der Waals surface area contributed by atoms with Crippen molar-refractivity contribution in [3.8, 4) is 6.07 Å². The number of amides is 1. The van der Waals surface area contributed by atoms with Gasteiger partial charge in [0.15, 0.2) is 5.82 Å². The number of aromatic amines is 1. The van der Waals surface area contributed by atoms with Gasteiger partial charge < -0.3 is 24.7 Å². The summed E-state index contributed by atoms with van der Waals surface area (Å²) in [6, 6.07) is 9.15. The van der Waals surface area contributed by atoms with E-state index in [4.69, 9.17) is 14.7 Å². The summed E-state index contributed by atoms with van der Waals surface area (Å²) in [7, 11) is 2.20. The van der Waals surface area contributed by atoms with E-state index in [0.717, 1.165) is 76.2 Å². The molecule has 2 fully saturated rings. The van der Waals surface area contributed by atoms with Crippen LogP contribution in [0, 0.1) is 11.3 Å². The molecule has 40 heavy (non-hydrogen) atoms. The van der Waals surface area contributed by atoms with E-state index in [2.05, 4.69) is 64.2 Å². The van der Waals surface area contributed by atoms with Gasteiger partial charge in [0.25, 0.3) is 5.91 Å². The minimum atomic E-state index is -0.410. The Balaban J connectivity index is 1.46. The van der Waals surface area contributed by atoms with Crippen LogP contribution in [-0.2, 0) is 15.1 Å². The van der Waals surface area contributed by atoms with E-state index < -0.39 is 5.60 Å². The first kappa shape index (κ1) is 28.5. The van der Waals surface area contributed by atoms with Crippen LogP contribution >= 0.6 is 0 Å². The van der Waals surface area contributed by atoms with Gasteiger partial charge in [-0.15, -0.1) is 0 Å². The normalized spacial score (nSPS) is 26.2. The third kappa shape index (κ3) is 6.31. The van der Waals surface area contributed by atoms with Gasteiger partial charge in [-0.05, 0) is 82.7 Å². The first-order chi connectivity index (χ1) is 19.4. The van der Waals surface area contributed by atoms with Crippen LogP contribution in [0.15, 0.2) is 30.5 Å². The molecule has 9 nitrogen and oxygen atoms in total. The second-order valence-corrected chi connectivity index (χ2v) is 11.5. The van der Waals surface area contributed by atoms with Gasteiger partial charge in [-0.3, -0.25) is 9.69 Å². The Labute approximate surface area is 237 Å². The number of carbonyl (C=O) groups is 1. The van der Waals surface area contributed by atoms with Gasteiger partial charge in [0.2, 0.25) is 0 Å². The average molecular weight is 547 g/mol. The number of morpholine rings is 1. The monoisotopic (exact) mass is 546 g/mol. The van der Waals surface area contributed by atoms with Gasteiger partial charge in [-0.25, -0.2) is 4.98 Å². The fourth-order valence-corrected chi connectivity index (χ4v) is 6.35. The summed E-state index contributed by atoms with van der Waals surface area (Å²) in [5.74, 6) is -0.227. The van der Waals surface area contributed by atoms with Crippen LogP contribution < -0.4 is 5.32 Å². The number of anilines is 1. The molecule has 9 heteroatoms. The lowest BCUT2D eigenvalue weighted by atomic mass is 9.77. The SMILES string of the molecule is CC1CC(OCCN2CCOCC2)(c2ccc(NC(=O)c3ncc(C#N)[nH]3)c(C3=CCCCC3)c2)CC(C)N1C. The van der Waals surface area contributed by atoms with Crippen molar-refractivity contribution < 1.29 is 14.3 Å². The van der Waals surface area contributed by atoms with Crippen molar-refractivity contribution in [1.82, 2.24) is 19.8 Å². The maximum Gasteiger partial charge on any atom is 0.291 e. The lowest BCUT2D eigenvalue weighted by Gasteiger charge is -2.48. The Hall–Kier alpha value is -3.03. The molecule has 2 saturated heterocycles. The van der Waals surface area contributed by atoms with E-state index in [1.165, 1.54) is 23.8 Å². The number of piperidine rings is 1. The number of hydrogen-bond acceptors (Lipinski definition) is 7. The zero-order valence-corrected chi connectivity index (χ0v) is 24.0. The molecule has 1 amide bonds. The van der Waals surface area contributed by atoms with Crippen molar-refractivity contribution in [2.24, 2.45) is 0 Å². The van der Waals surface area contributed by atoms with Crippen LogP contribution in [0.1, 0.15) is 79.8 Å². The van der Waals surface area contributed by atoms with Gasteiger partial charge in [-0.1, -0.05) is 12.1 Å². The molecule has 1 aliphatic carbocycles. The van der Waals surface area contributed by atoms with Gasteiger partial charge in [0.05, 0.1) is 31.6 Å². The highest BCUT2D eigenvalue weighted by atomic mass is 16.5. The molecule has 2 N–H and O–H groups in total. The molecule has 0 spiro atoms. The predicted octanol–water partition coefficient (Wildman–Crippen LogP) is 4.54. The second kappa shape index (κ2) is 12.6. The van der Waals surface area contributed by atoms with Crippen LogP contribution in [0.4, 0.5) is 5.69 Å². The molecule has 1 aromatic heterocycles. The molecule has 0 radical (unpaired) electrons. The Kier molecular flexibility index (Phi) is 9.01. The maximum absolute atomic E-state index is 13.1. The molecular formula is C31H42N6O3. The number of imidazole rings is 1. The molecule has 3 aliphatic rings. The van der Waals surface area contributed by atoms with Crippen LogP contribution in [0.3, 0.4) is 0 Å². The summed E-state index contributed by atoms with van der Waals surface area (Å²) in [6.45, 7) is 9.59. The number of aromatic nitrogens is 2. The van der Waals surface area contributed by atoms with Crippen molar-refractivity contribution in [2.75, 3.05) is 51.8 Å². The average Bonchev–Trinajstić information content (AvgIpc) is 3.47. The van der Waals surface area contributed by atoms with E-state index in [1.807, 2.05) is 12.1 Å². The first-order valence-electron chi connectivity index (χ1n) is 14.6. The number of ether oxygens (including phenoxy) is 2. The molecule has 2 atom stereocenters. The highest BCUT2D eigenvalue weighted by Gasteiger charge is 2.43. The zero-order valence-electron chi connectivity index (χ0n) is 24.0. The number of benzene rings is 1. The van der Waals surface area contributed by atoms with Crippen molar-refractivity contribution in [2.45, 2.75) is 70.1 Å². The topological polar surface area (TPSA) is 107 Å². The molecule has 0 bridgehead atoms. The molecule has 5 rings (SSSR count). The molecule has 214 valence electrons. The Morgan fingerprint density at radius 3 is 2.70 bits per heavy atom. The first-order valence-corrected chi connectivity index (χ1v) is 14.6. The summed E-state index contributed by atoms with van der Waals surface area (Å²) in [4.78, 5) is 24.8. The third-order valence-electron chi connectivity index (χ3n) is 8.87. The molecule has 3 heterocycles. The fourth-order valence-electron chi connectivity index (χ4n) is 6.35. The smallest absolute Gasteiger partial charge is 0.291 e. The summed E-state index contributed by atoms with van der Waals surface area (Å²) < 4.78 is 12.5. The predicted molar refractivity (Wildman–Crippen MR) is 155 cm³/mol. The number of likely N-dealkylation sites (tertiary alicyclic amines) is 1. The number of nitrogens with zero attached hydrogens (tertiary/aromatic N) is 4. The fraction of sp³-hybridized carbons (Fsp3) is 0.581. The molecule has 1 aromatic carbocycles. The lowest BCUT2D eigenvalue weighted by Crippen LogP contribution is -2.52. The van der Waals surface area contributed by atoms with E-state index >= 15 is 0 Å². The number of allylic oxidation sites excluding steroid dienone is 2. The highest BCUT2D eigenvalue weighted by molar-refractivity contribution is 6.03. The number of rotatable bonds is 8. The lowest BCUT2D eigenvalue weighted by molar-refractivity contribution is -0.120. The van der Waals surface area contributed by atoms with Crippen LogP contribution in [-0.4, -0.2) is 84.3 Å². The summed E-state index contributed by atoms with van der Waals surface area (Å²) >= 11 is 0. The number of hydrogen-bond donors (Lipinski definition) is 2. The third-order valence-corrected chi connectivity index (χ3v) is 8.87. The molecule has 0 saturated carbocycles. The molecular weight excluding hydrogens is 504 g/mol. The van der Waals surface area contributed by atoms with E-state index in [0.29, 0.717) is 18.7 Å². The number of nitriles is 1. The van der Waals surface area contributed by atoms with Crippen molar-refractivity contribution in [1.29, 1.82) is 5.26 Å². The summed E-state index contributed by atoms with van der Waals surface area (Å²) in [6.07, 6.45) is 9.84. The van der Waals surface area contributed by atoms with E-state index in [9.17, 15) is 4.79 Å². The Morgan fingerprint density at radius 2 is 2.02 bits per heavy atom. The van der Waals surface area contributed by atoms with Crippen molar-refractivity contribution in [3.05, 3.63) is 53.1 Å². The van der Waals surface area contributed by atoms with E-state index in [1.54, 1.807) is 0 Å². The quantitative estimate of drug-likeness (QED) is 0.501. The van der Waals surface area contributed by atoms with Gasteiger partial charge in [0, 0.05) is 43.0 Å². The minimum Gasteiger partial charge on any atom is -0.379 e. The Morgan fingerprint density at radius 1 is 1.25 bits per heavy atom. The second-order valence-electron chi connectivity index (χ2n) is 11.5. The van der Waals surface area contributed by atoms with Crippen LogP contribution in [0.5, 0.6) is 0 Å². The van der Waals surface area contributed by atoms with Gasteiger partial charge in [-0.2, -0.15) is 5.26 Å². The summed E-state index contributed by atoms with van der Waals surface area (Å²) in [5.41, 5.74) is 4.09. The van der Waals surface area contributed by atoms with E-state index in [-0.39, 0.29) is 17.4 Å². The van der Waals surface area contributed by atoms with Gasteiger partial charge >= 0.3 is 0 Å². The standard InChI is InChI=1S/C31H42N6O3/c1-22-18-31(19-23(2)36(22)3,40-16-13-37-11-14-39-15-12-37)25-9-10-28(27(17-25)24-7-5-4-6-8-24)35-30(38)29-33-21-26(20-32)34-29/h7,9-10,17,21-23H,4-6,8,11-16,18-19H2,1-3H3,(H,33,34)(H,35,38). The molecule has 2 unspecified atom stereocenters. The Bertz CT molecular complexity index is 1250. The highest BCUT2D eigenvalue weighted by Crippen LogP contribution is 2.44.